The molecule has 0 radical (unpaired) electrons. The second-order valence-corrected chi connectivity index (χ2v) is 11.4. The van der Waals surface area contributed by atoms with Gasteiger partial charge in [0.1, 0.15) is 11.4 Å². The van der Waals surface area contributed by atoms with Gasteiger partial charge in [-0.2, -0.15) is 4.98 Å². The molecule has 2 amide bonds. The fourth-order valence-electron chi connectivity index (χ4n) is 6.01. The maximum atomic E-state index is 13.5. The predicted octanol–water partition coefficient (Wildman–Crippen LogP) is 4.02. The zero-order chi connectivity index (χ0) is 28.3. The summed E-state index contributed by atoms with van der Waals surface area (Å²) in [7, 11) is 3.35. The molecule has 10 nitrogen and oxygen atoms in total. The van der Waals surface area contributed by atoms with Crippen LogP contribution in [0, 0.1) is 5.41 Å². The number of anilines is 4. The van der Waals surface area contributed by atoms with Crippen LogP contribution in [0.2, 0.25) is 0 Å². The smallest absolute Gasteiger partial charge is 0.251 e. The van der Waals surface area contributed by atoms with Crippen LogP contribution >= 0.6 is 0 Å². The minimum atomic E-state index is -0.742. The number of rotatable bonds is 7. The van der Waals surface area contributed by atoms with Crippen LogP contribution in [-0.4, -0.2) is 67.7 Å². The highest BCUT2D eigenvalue weighted by atomic mass is 16.5. The second kappa shape index (κ2) is 11.8. The van der Waals surface area contributed by atoms with Gasteiger partial charge in [0, 0.05) is 37.8 Å². The van der Waals surface area contributed by atoms with Crippen LogP contribution in [0.1, 0.15) is 62.2 Å². The van der Waals surface area contributed by atoms with E-state index < -0.39 is 5.41 Å². The largest absolute Gasteiger partial charge is 0.495 e. The summed E-state index contributed by atoms with van der Waals surface area (Å²) in [6.07, 6.45) is 11.2. The number of piperidine rings is 1. The lowest BCUT2D eigenvalue weighted by Gasteiger charge is -2.38. The highest BCUT2D eigenvalue weighted by Gasteiger charge is 2.42. The molecule has 2 atom stereocenters. The van der Waals surface area contributed by atoms with E-state index in [0.29, 0.717) is 41.2 Å². The Hall–Kier alpha value is -3.66. The highest BCUT2D eigenvalue weighted by Crippen LogP contribution is 2.41. The van der Waals surface area contributed by atoms with Crippen molar-refractivity contribution in [3.8, 4) is 5.75 Å². The number of hydrogen-bond acceptors (Lipinski definition) is 8. The van der Waals surface area contributed by atoms with E-state index >= 15 is 0 Å². The molecular formula is C30H41N7O3. The van der Waals surface area contributed by atoms with Crippen molar-refractivity contribution in [1.29, 1.82) is 0 Å². The van der Waals surface area contributed by atoms with Gasteiger partial charge >= 0.3 is 0 Å². The zero-order valence-corrected chi connectivity index (χ0v) is 23.8. The molecule has 1 aromatic carbocycles. The lowest BCUT2D eigenvalue weighted by atomic mass is 9.87. The number of benzene rings is 1. The summed E-state index contributed by atoms with van der Waals surface area (Å²) >= 11 is 0. The van der Waals surface area contributed by atoms with E-state index in [2.05, 4.69) is 32.4 Å². The van der Waals surface area contributed by atoms with Gasteiger partial charge in [-0.3, -0.25) is 9.59 Å². The number of ether oxygens (including phenoxy) is 1. The Morgan fingerprint density at radius 3 is 2.73 bits per heavy atom. The van der Waals surface area contributed by atoms with Crippen molar-refractivity contribution in [2.75, 3.05) is 48.9 Å². The summed E-state index contributed by atoms with van der Waals surface area (Å²) in [5.74, 6) is 1.50. The van der Waals surface area contributed by atoms with Crippen LogP contribution in [0.3, 0.4) is 0 Å². The lowest BCUT2D eigenvalue weighted by Crippen LogP contribution is -2.47. The van der Waals surface area contributed by atoms with E-state index in [1.165, 1.54) is 6.42 Å². The van der Waals surface area contributed by atoms with Gasteiger partial charge in [0.25, 0.3) is 5.91 Å². The fourth-order valence-corrected chi connectivity index (χ4v) is 6.01. The summed E-state index contributed by atoms with van der Waals surface area (Å²) < 4.78 is 5.64. The third-order valence-corrected chi connectivity index (χ3v) is 8.48. The molecule has 2 aliphatic heterocycles. The van der Waals surface area contributed by atoms with Gasteiger partial charge in [-0.1, -0.05) is 25.3 Å². The molecule has 10 heteroatoms. The van der Waals surface area contributed by atoms with Crippen molar-refractivity contribution in [3.63, 3.8) is 0 Å². The predicted molar refractivity (Wildman–Crippen MR) is 158 cm³/mol. The van der Waals surface area contributed by atoms with Gasteiger partial charge in [-0.15, -0.1) is 6.58 Å². The SMILES string of the molecule is C=CC1(C)CN(C2CCCCC2)c2nc(Nc3ccc(C(=O)NC4CCCNC4)cc3OC)ncc2N(C)C1=O. The Bertz CT molecular complexity index is 1260. The molecule has 1 aliphatic carbocycles. The van der Waals surface area contributed by atoms with Crippen molar-refractivity contribution in [2.24, 2.45) is 5.41 Å². The Balaban J connectivity index is 1.43. The van der Waals surface area contributed by atoms with Gasteiger partial charge in [0.15, 0.2) is 5.82 Å². The molecule has 1 aromatic heterocycles. The molecule has 2 aromatic rings. The zero-order valence-electron chi connectivity index (χ0n) is 23.8. The number of fused-ring (bicyclic) bond motifs is 1. The number of nitrogens with one attached hydrogen (secondary N) is 3. The molecule has 5 rings (SSSR count). The molecule has 3 N–H and O–H groups in total. The van der Waals surface area contributed by atoms with Gasteiger partial charge < -0.3 is 30.5 Å². The molecule has 0 spiro atoms. The summed E-state index contributed by atoms with van der Waals surface area (Å²) in [6.45, 7) is 8.23. The van der Waals surface area contributed by atoms with Crippen molar-refractivity contribution >= 4 is 35.0 Å². The summed E-state index contributed by atoms with van der Waals surface area (Å²) in [5.41, 5.74) is 1.12. The molecule has 2 fully saturated rings. The van der Waals surface area contributed by atoms with Crippen LogP contribution in [0.5, 0.6) is 5.75 Å². The maximum absolute atomic E-state index is 13.5. The van der Waals surface area contributed by atoms with E-state index in [9.17, 15) is 9.59 Å². The van der Waals surface area contributed by atoms with Gasteiger partial charge in [0.2, 0.25) is 11.9 Å². The number of hydrogen-bond donors (Lipinski definition) is 3. The van der Waals surface area contributed by atoms with E-state index in [-0.39, 0.29) is 17.9 Å². The van der Waals surface area contributed by atoms with Crippen molar-refractivity contribution in [1.82, 2.24) is 20.6 Å². The minimum Gasteiger partial charge on any atom is -0.495 e. The van der Waals surface area contributed by atoms with Crippen LogP contribution in [-0.2, 0) is 4.79 Å². The quantitative estimate of drug-likeness (QED) is 0.446. The minimum absolute atomic E-state index is 0.0223. The van der Waals surface area contributed by atoms with E-state index in [4.69, 9.17) is 9.72 Å². The number of aromatic nitrogens is 2. The first kappa shape index (κ1) is 27.9. The second-order valence-electron chi connectivity index (χ2n) is 11.4. The van der Waals surface area contributed by atoms with E-state index in [0.717, 1.165) is 57.4 Å². The maximum Gasteiger partial charge on any atom is 0.251 e. The van der Waals surface area contributed by atoms with Gasteiger partial charge in [-0.05, 0) is 57.4 Å². The Morgan fingerprint density at radius 2 is 2.02 bits per heavy atom. The monoisotopic (exact) mass is 547 g/mol. The third-order valence-electron chi connectivity index (χ3n) is 8.48. The number of nitrogens with zero attached hydrogens (tertiary/aromatic N) is 4. The van der Waals surface area contributed by atoms with Crippen LogP contribution < -0.4 is 30.5 Å². The molecule has 40 heavy (non-hydrogen) atoms. The summed E-state index contributed by atoms with van der Waals surface area (Å²) in [5, 5.41) is 9.71. The van der Waals surface area contributed by atoms with E-state index in [1.807, 2.05) is 13.0 Å². The molecule has 1 saturated carbocycles. The molecular weight excluding hydrogens is 506 g/mol. The highest BCUT2D eigenvalue weighted by molar-refractivity contribution is 6.02. The third kappa shape index (κ3) is 5.63. The Morgan fingerprint density at radius 1 is 1.23 bits per heavy atom. The first-order valence-electron chi connectivity index (χ1n) is 14.3. The number of carbonyl (C=O) groups excluding carboxylic acids is 2. The molecule has 3 aliphatic rings. The topological polar surface area (TPSA) is 112 Å². The van der Waals surface area contributed by atoms with Crippen molar-refractivity contribution in [3.05, 3.63) is 42.6 Å². The number of amides is 2. The fraction of sp³-hybridized carbons (Fsp3) is 0.533. The van der Waals surface area contributed by atoms with Crippen LogP contribution in [0.25, 0.3) is 0 Å². The van der Waals surface area contributed by atoms with Crippen molar-refractivity contribution < 1.29 is 14.3 Å². The Kier molecular flexibility index (Phi) is 8.25. The molecule has 214 valence electrons. The Labute approximate surface area is 236 Å². The van der Waals surface area contributed by atoms with Crippen LogP contribution in [0.15, 0.2) is 37.1 Å². The first-order valence-corrected chi connectivity index (χ1v) is 14.3. The molecule has 2 unspecified atom stereocenters. The summed E-state index contributed by atoms with van der Waals surface area (Å²) in [6, 6.07) is 5.73. The number of carbonyl (C=O) groups is 2. The van der Waals surface area contributed by atoms with Gasteiger partial charge in [-0.25, -0.2) is 4.98 Å². The van der Waals surface area contributed by atoms with Gasteiger partial charge in [0.05, 0.1) is 24.4 Å². The molecule has 0 bridgehead atoms. The standard InChI is InChI=1S/C30H41N7O3/c1-5-30(2)19-37(22-11-7-6-8-12-22)26-24(36(3)28(30)39)18-32-29(35-26)34-23-14-13-20(16-25(23)40-4)27(38)33-21-10-9-15-31-17-21/h5,13-14,16,18,21-22,31H,1,6-12,15,17,19H2,2-4H3,(H,33,38)(H,32,34,35). The normalized spacial score (nSPS) is 23.7. The van der Waals surface area contributed by atoms with Crippen LogP contribution in [0.4, 0.5) is 23.1 Å². The van der Waals surface area contributed by atoms with Crippen molar-refractivity contribution in [2.45, 2.75) is 64.0 Å². The first-order chi connectivity index (χ1) is 19.3. The average molecular weight is 548 g/mol. The lowest BCUT2D eigenvalue weighted by molar-refractivity contribution is -0.124. The number of methoxy groups -OCH3 is 1. The molecule has 3 heterocycles. The summed E-state index contributed by atoms with van der Waals surface area (Å²) in [4.78, 5) is 39.8. The van der Waals surface area contributed by atoms with E-state index in [1.54, 1.807) is 43.5 Å². The average Bonchev–Trinajstić information content (AvgIpc) is 3.07. The molecule has 1 saturated heterocycles.